The smallest absolute Gasteiger partial charge is 0.329 e. The highest BCUT2D eigenvalue weighted by Gasteiger charge is 1.93. The topological polar surface area (TPSA) is 122 Å². The fraction of sp³-hybridized carbons (Fsp3) is 1.00. The van der Waals surface area contributed by atoms with Crippen LogP contribution in [0.2, 0.25) is 0 Å². The van der Waals surface area contributed by atoms with Gasteiger partial charge < -0.3 is 16.8 Å². The van der Waals surface area contributed by atoms with Crippen molar-refractivity contribution in [1.29, 1.82) is 0 Å². The third-order valence-electron chi connectivity index (χ3n) is 0.642. The fourth-order valence-electron chi connectivity index (χ4n) is 0.329. The van der Waals surface area contributed by atoms with Crippen molar-refractivity contribution in [3.05, 3.63) is 0 Å². The molecular weight excluding hydrogens is 169 g/mol. The second-order valence-electron chi connectivity index (χ2n) is 1.58. The lowest BCUT2D eigenvalue weighted by Crippen LogP contribution is -2.27. The van der Waals surface area contributed by atoms with Gasteiger partial charge in [-0.15, -0.1) is 9.79 Å². The number of hydrogen-bond donors (Lipinski definition) is 5. The molecule has 0 aromatic carbocycles. The third-order valence-corrected chi connectivity index (χ3v) is 0.642. The molecule has 0 spiro atoms. The summed E-state index contributed by atoms with van der Waals surface area (Å²) in [6.45, 7) is 3.13. The van der Waals surface area contributed by atoms with Gasteiger partial charge in [0.25, 0.3) is 0 Å². The van der Waals surface area contributed by atoms with Gasteiger partial charge >= 0.3 is 8.25 Å². The number of nitrogens with two attached hydrogens (primary N) is 2. The Morgan fingerprint density at radius 2 is 1.45 bits per heavy atom. The van der Waals surface area contributed by atoms with Gasteiger partial charge in [0.05, 0.1) is 0 Å². The van der Waals surface area contributed by atoms with E-state index in [-0.39, 0.29) is 0 Å². The molecule has 0 aromatic rings. The molecule has 7 N–H and O–H groups in total. The summed E-state index contributed by atoms with van der Waals surface area (Å²) in [5, 5.41) is 3.03. The molecule has 0 aromatic heterocycles. The van der Waals surface area contributed by atoms with Crippen molar-refractivity contribution in [3.8, 4) is 0 Å². The van der Waals surface area contributed by atoms with Crippen LogP contribution in [0.15, 0.2) is 0 Å². The molecule has 0 unspecified atom stereocenters. The lowest BCUT2D eigenvalue weighted by atomic mass is 10.6. The van der Waals surface area contributed by atoms with Gasteiger partial charge in [0.2, 0.25) is 0 Å². The molecule has 0 saturated carbocycles. The molecule has 0 fully saturated rings. The van der Waals surface area contributed by atoms with Gasteiger partial charge in [-0.25, -0.2) is 0 Å². The average Bonchev–Trinajstić information content (AvgIpc) is 1.88. The molecule has 0 aliphatic rings. The summed E-state index contributed by atoms with van der Waals surface area (Å²) >= 11 is 0. The molecule has 7 heteroatoms. The Hall–Kier alpha value is -0.100. The van der Waals surface area contributed by atoms with Crippen LogP contribution in [0, 0.1) is 0 Å². The van der Waals surface area contributed by atoms with E-state index in [1.54, 1.807) is 0 Å². The van der Waals surface area contributed by atoms with E-state index >= 15 is 0 Å². The van der Waals surface area contributed by atoms with E-state index in [2.05, 4.69) is 5.32 Å². The van der Waals surface area contributed by atoms with Crippen LogP contribution in [-0.2, 0) is 4.57 Å². The van der Waals surface area contributed by atoms with Crippen LogP contribution in [0.1, 0.15) is 0 Å². The van der Waals surface area contributed by atoms with E-state index in [1.807, 2.05) is 0 Å². The van der Waals surface area contributed by atoms with Gasteiger partial charge in [-0.05, 0) is 0 Å². The fourth-order valence-corrected chi connectivity index (χ4v) is 0.329. The van der Waals surface area contributed by atoms with Crippen LogP contribution in [0.5, 0.6) is 0 Å². The first-order valence-electron chi connectivity index (χ1n) is 3.11. The van der Waals surface area contributed by atoms with Gasteiger partial charge in [0.15, 0.2) is 0 Å². The zero-order valence-corrected chi connectivity index (χ0v) is 7.13. The van der Waals surface area contributed by atoms with Gasteiger partial charge in [0, 0.05) is 30.7 Å². The molecule has 0 amide bonds. The monoisotopic (exact) mass is 184 g/mol. The normalized spacial score (nSPS) is 8.36. The number of nitrogens with one attached hydrogen (secondary N) is 1. The number of rotatable bonds is 4. The summed E-state index contributed by atoms with van der Waals surface area (Å²) in [5.41, 5.74) is 10.3. The van der Waals surface area contributed by atoms with E-state index < -0.39 is 8.25 Å². The predicted octanol–water partition coefficient (Wildman–Crippen LogP) is -1.88. The van der Waals surface area contributed by atoms with Crippen molar-refractivity contribution in [2.24, 2.45) is 11.5 Å². The van der Waals surface area contributed by atoms with Gasteiger partial charge in [-0.1, -0.05) is 0 Å². The Kier molecular flexibility index (Phi) is 15.4. The second-order valence-corrected chi connectivity index (χ2v) is 2.09. The van der Waals surface area contributed by atoms with Crippen LogP contribution in [0.25, 0.3) is 0 Å². The minimum Gasteiger partial charge on any atom is -0.329 e. The van der Waals surface area contributed by atoms with Crippen LogP contribution in [0.3, 0.4) is 0 Å². The zero-order valence-electron chi connectivity index (χ0n) is 6.23. The summed E-state index contributed by atoms with van der Waals surface area (Å²) in [6.07, 6.45) is 0. The van der Waals surface area contributed by atoms with E-state index in [0.717, 1.165) is 13.1 Å². The number of hydrogen-bond acceptors (Lipinski definition) is 4. The minimum atomic E-state index is -2.87. The highest BCUT2D eigenvalue weighted by atomic mass is 31.1. The summed E-state index contributed by atoms with van der Waals surface area (Å²) in [5.74, 6) is 0. The van der Waals surface area contributed by atoms with Crippen molar-refractivity contribution < 1.29 is 14.4 Å². The maximum atomic E-state index is 8.70. The molecule has 6 nitrogen and oxygen atoms in total. The van der Waals surface area contributed by atoms with E-state index in [4.69, 9.17) is 25.8 Å². The van der Waals surface area contributed by atoms with Crippen LogP contribution in [0.4, 0.5) is 0 Å². The van der Waals surface area contributed by atoms with Crippen molar-refractivity contribution in [3.63, 3.8) is 0 Å². The van der Waals surface area contributed by atoms with Crippen molar-refractivity contribution >= 4 is 8.25 Å². The third kappa shape index (κ3) is 40.6. The van der Waals surface area contributed by atoms with E-state index in [9.17, 15) is 0 Å². The summed E-state index contributed by atoms with van der Waals surface area (Å²) in [4.78, 5) is 14.2. The highest BCUT2D eigenvalue weighted by Crippen LogP contribution is 1.98. The maximum Gasteiger partial charge on any atom is 0.692 e. The minimum absolute atomic E-state index is 0.694. The molecule has 0 bridgehead atoms. The lowest BCUT2D eigenvalue weighted by Gasteiger charge is -1.95. The molecule has 0 atom stereocenters. The van der Waals surface area contributed by atoms with Crippen molar-refractivity contribution in [2.75, 3.05) is 26.2 Å². The Morgan fingerprint density at radius 3 is 1.64 bits per heavy atom. The highest BCUT2D eigenvalue weighted by molar-refractivity contribution is 7.30. The predicted molar refractivity (Wildman–Crippen MR) is 43.0 cm³/mol. The summed E-state index contributed by atoms with van der Waals surface area (Å²) in [6, 6.07) is 0. The van der Waals surface area contributed by atoms with Crippen molar-refractivity contribution in [2.45, 2.75) is 0 Å². The van der Waals surface area contributed by atoms with E-state index in [1.165, 1.54) is 0 Å². The van der Waals surface area contributed by atoms with Crippen LogP contribution < -0.4 is 16.8 Å². The zero-order chi connectivity index (χ0) is 9.11. The standard InChI is InChI=1S/C4H13N3.HO3P/c5-1-3-7-4-2-6;1-4(2)3/h7H,1-6H2;(H-,1,2,3)/p+1. The first kappa shape index (κ1) is 13.5. The Morgan fingerprint density at radius 1 is 1.18 bits per heavy atom. The Bertz CT molecular complexity index is 84.7. The van der Waals surface area contributed by atoms with Gasteiger partial charge in [-0.2, -0.15) is 0 Å². The summed E-state index contributed by atoms with van der Waals surface area (Å²) in [7, 11) is -2.87. The Labute approximate surface area is 66.5 Å². The molecule has 0 rings (SSSR count). The first-order valence-corrected chi connectivity index (χ1v) is 4.27. The largest absolute Gasteiger partial charge is 0.692 e. The maximum absolute atomic E-state index is 8.70. The Balaban J connectivity index is 0. The average molecular weight is 184 g/mol. The molecule has 0 aliphatic heterocycles. The quantitative estimate of drug-likeness (QED) is 0.257. The SMILES string of the molecule is NCCNCCN.O=[P+](O)O. The molecule has 0 radical (unpaired) electrons. The molecular formula is C4H15N3O3P+. The van der Waals surface area contributed by atoms with Crippen LogP contribution >= 0.6 is 8.25 Å². The molecule has 68 valence electrons. The molecule has 0 saturated heterocycles. The van der Waals surface area contributed by atoms with E-state index in [0.29, 0.717) is 13.1 Å². The summed E-state index contributed by atoms with van der Waals surface area (Å²) < 4.78 is 8.70. The van der Waals surface area contributed by atoms with Gasteiger partial charge in [0.1, 0.15) is 0 Å². The molecule has 11 heavy (non-hydrogen) atoms. The second kappa shape index (κ2) is 12.6. The lowest BCUT2D eigenvalue weighted by molar-refractivity contribution is 0.405. The van der Waals surface area contributed by atoms with Gasteiger partial charge in [-0.3, -0.25) is 0 Å². The molecule has 0 heterocycles. The van der Waals surface area contributed by atoms with Crippen LogP contribution in [-0.4, -0.2) is 36.0 Å². The molecule has 0 aliphatic carbocycles. The van der Waals surface area contributed by atoms with Crippen molar-refractivity contribution in [1.82, 2.24) is 5.32 Å². The first-order chi connectivity index (χ1) is 5.15.